The summed E-state index contributed by atoms with van der Waals surface area (Å²) in [6, 6.07) is 10.4. The predicted octanol–water partition coefficient (Wildman–Crippen LogP) is 4.32. The summed E-state index contributed by atoms with van der Waals surface area (Å²) >= 11 is 0. The van der Waals surface area contributed by atoms with Gasteiger partial charge in [-0.3, -0.25) is 9.88 Å². The van der Waals surface area contributed by atoms with Crippen molar-refractivity contribution in [3.8, 4) is 0 Å². The predicted molar refractivity (Wildman–Crippen MR) is 137 cm³/mol. The molecular weight excluding hydrogens is 653 g/mol. The van der Waals surface area contributed by atoms with Gasteiger partial charge < -0.3 is 25.4 Å². The van der Waals surface area contributed by atoms with E-state index in [1.807, 2.05) is 31.3 Å². The standard InChI is InChI=1S/C19H25N5O.3C2HF3O2/c1-15-6-7-18(23-22-15)21-17-11-19(25-13-17)8-4-10-24(14-19)12-16-5-2-3-9-20-16;3*3-2(4,5)1(6)7/h2-3,5-7,9,17H,4,8,10-14H2,1H3,(H,21,23);3*(H,6,7). The number of rotatable bonds is 4. The van der Waals surface area contributed by atoms with Gasteiger partial charge >= 0.3 is 36.4 Å². The van der Waals surface area contributed by atoms with E-state index >= 15 is 0 Å². The van der Waals surface area contributed by atoms with Gasteiger partial charge in [0.1, 0.15) is 5.82 Å². The SMILES string of the molecule is Cc1ccc(NC2COC3(CCCN(Cc4ccccn4)C3)C2)nn1.O=C(O)C(F)(F)F.O=C(O)C(F)(F)F.O=C(O)C(F)(F)F. The third-order valence-electron chi connectivity index (χ3n) is 5.82. The summed E-state index contributed by atoms with van der Waals surface area (Å²) in [5, 5.41) is 33.2. The van der Waals surface area contributed by atoms with E-state index in [2.05, 4.69) is 37.5 Å². The first-order valence-corrected chi connectivity index (χ1v) is 12.8. The van der Waals surface area contributed by atoms with Crippen LogP contribution >= 0.6 is 0 Å². The Kier molecular flexibility index (Phi) is 14.6. The molecule has 2 aliphatic heterocycles. The Hall–Kier alpha value is -4.27. The van der Waals surface area contributed by atoms with E-state index in [9.17, 15) is 39.5 Å². The number of hydrogen-bond acceptors (Lipinski definition) is 9. The van der Waals surface area contributed by atoms with Gasteiger partial charge in [0.25, 0.3) is 0 Å². The summed E-state index contributed by atoms with van der Waals surface area (Å²) in [5.41, 5.74) is 2.02. The van der Waals surface area contributed by atoms with Gasteiger partial charge in [-0.25, -0.2) is 14.4 Å². The average Bonchev–Trinajstić information content (AvgIpc) is 3.31. The molecule has 2 fully saturated rings. The normalized spacial score (nSPS) is 19.7. The fourth-order valence-electron chi connectivity index (χ4n) is 3.95. The highest BCUT2D eigenvalue weighted by atomic mass is 19.4. The lowest BCUT2D eigenvalue weighted by atomic mass is 9.88. The maximum atomic E-state index is 10.6. The molecule has 4 rings (SSSR count). The number of aliphatic carboxylic acids is 3. The molecule has 0 radical (unpaired) electrons. The molecule has 0 saturated carbocycles. The first kappa shape index (κ1) is 39.8. The Morgan fingerprint density at radius 2 is 1.46 bits per heavy atom. The van der Waals surface area contributed by atoms with Crippen LogP contribution in [0.5, 0.6) is 0 Å². The molecule has 2 aromatic heterocycles. The molecular formula is C25H28F9N5O7. The van der Waals surface area contributed by atoms with Gasteiger partial charge in [-0.2, -0.15) is 44.6 Å². The van der Waals surface area contributed by atoms with E-state index in [1.165, 1.54) is 6.42 Å². The molecule has 2 atom stereocenters. The Bertz CT molecular complexity index is 1210. The van der Waals surface area contributed by atoms with Crippen molar-refractivity contribution < 1.29 is 74.0 Å². The minimum atomic E-state index is -5.08. The number of aromatic nitrogens is 3. The van der Waals surface area contributed by atoms with Crippen molar-refractivity contribution in [3.63, 3.8) is 0 Å². The zero-order chi connectivity index (χ0) is 35.3. The molecule has 0 aliphatic carbocycles. The summed E-state index contributed by atoms with van der Waals surface area (Å²) in [4.78, 5) is 33.6. The Morgan fingerprint density at radius 1 is 0.913 bits per heavy atom. The number of carboxylic acids is 3. The Labute approximate surface area is 254 Å². The van der Waals surface area contributed by atoms with Crippen LogP contribution in [-0.4, -0.2) is 103 Å². The monoisotopic (exact) mass is 681 g/mol. The maximum absolute atomic E-state index is 10.6. The van der Waals surface area contributed by atoms with E-state index in [-0.39, 0.29) is 5.60 Å². The molecule has 2 aliphatic rings. The maximum Gasteiger partial charge on any atom is 0.490 e. The molecule has 4 N–H and O–H groups in total. The van der Waals surface area contributed by atoms with Crippen LogP contribution in [0.15, 0.2) is 36.5 Å². The lowest BCUT2D eigenvalue weighted by Gasteiger charge is -2.39. The van der Waals surface area contributed by atoms with Crippen LogP contribution in [0.3, 0.4) is 0 Å². The third kappa shape index (κ3) is 15.1. The van der Waals surface area contributed by atoms with Gasteiger partial charge in [0.05, 0.1) is 29.6 Å². The number of piperidine rings is 1. The summed E-state index contributed by atoms with van der Waals surface area (Å²) in [7, 11) is 0. The highest BCUT2D eigenvalue weighted by Crippen LogP contribution is 2.36. The van der Waals surface area contributed by atoms with E-state index in [4.69, 9.17) is 34.4 Å². The number of ether oxygens (including phenoxy) is 1. The van der Waals surface area contributed by atoms with Gasteiger partial charge in [-0.1, -0.05) is 6.07 Å². The van der Waals surface area contributed by atoms with Crippen molar-refractivity contribution in [2.45, 2.75) is 62.9 Å². The second-order valence-electron chi connectivity index (χ2n) is 9.64. The molecule has 0 aromatic carbocycles. The second kappa shape index (κ2) is 16.9. The topological polar surface area (TPSA) is 175 Å². The molecule has 1 spiro atoms. The average molecular weight is 682 g/mol. The molecule has 0 bridgehead atoms. The summed E-state index contributed by atoms with van der Waals surface area (Å²) in [6.07, 6.45) is -10.1. The molecule has 46 heavy (non-hydrogen) atoms. The molecule has 2 unspecified atom stereocenters. The molecule has 0 amide bonds. The number of anilines is 1. The number of pyridine rings is 1. The number of carbonyl (C=O) groups is 3. The molecule has 12 nitrogen and oxygen atoms in total. The van der Waals surface area contributed by atoms with Crippen molar-refractivity contribution in [1.29, 1.82) is 0 Å². The van der Waals surface area contributed by atoms with Crippen molar-refractivity contribution in [2.24, 2.45) is 0 Å². The first-order valence-electron chi connectivity index (χ1n) is 12.8. The highest BCUT2D eigenvalue weighted by Gasteiger charge is 2.44. The number of nitrogens with zero attached hydrogens (tertiary/aromatic N) is 4. The van der Waals surface area contributed by atoms with Crippen LogP contribution in [0.1, 0.15) is 30.7 Å². The van der Waals surface area contributed by atoms with E-state index in [1.54, 1.807) is 0 Å². The smallest absolute Gasteiger partial charge is 0.475 e. The van der Waals surface area contributed by atoms with Crippen molar-refractivity contribution in [2.75, 3.05) is 25.0 Å². The second-order valence-corrected chi connectivity index (χ2v) is 9.64. The van der Waals surface area contributed by atoms with E-state index in [0.29, 0.717) is 6.04 Å². The fourth-order valence-corrected chi connectivity index (χ4v) is 3.95. The molecule has 2 saturated heterocycles. The number of hydrogen-bond donors (Lipinski definition) is 4. The number of halogens is 9. The van der Waals surface area contributed by atoms with Gasteiger partial charge in [-0.05, 0) is 50.6 Å². The van der Waals surface area contributed by atoms with Crippen LogP contribution < -0.4 is 5.32 Å². The summed E-state index contributed by atoms with van der Waals surface area (Å²) in [5.74, 6) is -7.44. The lowest BCUT2D eigenvalue weighted by molar-refractivity contribution is -0.193. The molecule has 4 heterocycles. The van der Waals surface area contributed by atoms with Gasteiger partial charge in [0.15, 0.2) is 0 Å². The minimum Gasteiger partial charge on any atom is -0.475 e. The zero-order valence-electron chi connectivity index (χ0n) is 23.7. The van der Waals surface area contributed by atoms with Crippen LogP contribution in [0.25, 0.3) is 0 Å². The summed E-state index contributed by atoms with van der Waals surface area (Å²) < 4.78 is 101. The van der Waals surface area contributed by atoms with Crippen molar-refractivity contribution in [1.82, 2.24) is 20.1 Å². The molecule has 21 heteroatoms. The van der Waals surface area contributed by atoms with Crippen LogP contribution in [0.2, 0.25) is 0 Å². The third-order valence-corrected chi connectivity index (χ3v) is 5.82. The van der Waals surface area contributed by atoms with Gasteiger partial charge in [0, 0.05) is 25.7 Å². The number of nitrogens with one attached hydrogen (secondary N) is 1. The minimum absolute atomic E-state index is 0.0389. The molecule has 258 valence electrons. The first-order chi connectivity index (χ1) is 21.0. The lowest BCUT2D eigenvalue weighted by Crippen LogP contribution is -2.47. The van der Waals surface area contributed by atoms with Crippen molar-refractivity contribution >= 4 is 23.7 Å². The number of alkyl halides is 9. The number of carboxylic acid groups (broad SMARTS) is 3. The number of aryl methyl sites for hydroxylation is 1. The van der Waals surface area contributed by atoms with Gasteiger partial charge in [-0.15, -0.1) is 5.10 Å². The highest BCUT2D eigenvalue weighted by molar-refractivity contribution is 5.73. The van der Waals surface area contributed by atoms with Crippen LogP contribution in [0, 0.1) is 6.92 Å². The fraction of sp³-hybridized carbons (Fsp3) is 0.520. The zero-order valence-corrected chi connectivity index (χ0v) is 23.7. The Morgan fingerprint density at radius 3 is 1.89 bits per heavy atom. The van der Waals surface area contributed by atoms with E-state index < -0.39 is 36.4 Å². The largest absolute Gasteiger partial charge is 0.490 e. The molecule has 2 aromatic rings. The number of likely N-dealkylation sites (tertiary alicyclic amines) is 1. The van der Waals surface area contributed by atoms with Crippen LogP contribution in [0.4, 0.5) is 45.3 Å². The Balaban J connectivity index is 0.000000413. The van der Waals surface area contributed by atoms with Gasteiger partial charge in [0.2, 0.25) is 0 Å². The summed E-state index contributed by atoms with van der Waals surface area (Å²) in [6.45, 7) is 5.66. The van der Waals surface area contributed by atoms with Crippen LogP contribution in [-0.2, 0) is 25.7 Å². The van der Waals surface area contributed by atoms with E-state index in [0.717, 1.165) is 56.3 Å². The van der Waals surface area contributed by atoms with Crippen molar-refractivity contribution in [3.05, 3.63) is 47.9 Å². The quantitative estimate of drug-likeness (QED) is 0.337.